The number of non-ortho nitro benzene ring substituents is 1. The van der Waals surface area contributed by atoms with Gasteiger partial charge in [0, 0.05) is 28.1 Å². The van der Waals surface area contributed by atoms with Crippen molar-refractivity contribution >= 4 is 50.6 Å². The number of nitro benzene ring substituents is 1. The first kappa shape index (κ1) is 18.8. The maximum Gasteiger partial charge on any atom is 0.269 e. The van der Waals surface area contributed by atoms with Crippen LogP contribution >= 0.6 is 23.1 Å². The Morgan fingerprint density at radius 3 is 2.75 bits per heavy atom. The standard InChI is InChI=1S/C19H18N4O3S2/c1-11-20-18(17-14-4-2-3-5-15(14)28-19(17)21-11)27-10-16(24)22-12-6-8-13(9-7-12)23(25)26/h6-9H,2-5,10H2,1H3,(H,22,24). The lowest BCUT2D eigenvalue weighted by Gasteiger charge is -2.12. The van der Waals surface area contributed by atoms with Crippen LogP contribution in [-0.4, -0.2) is 26.6 Å². The van der Waals surface area contributed by atoms with E-state index in [2.05, 4.69) is 15.3 Å². The molecular weight excluding hydrogens is 396 g/mol. The number of nitrogens with zero attached hydrogens (tertiary/aromatic N) is 3. The maximum atomic E-state index is 12.3. The van der Waals surface area contributed by atoms with Crippen LogP contribution in [0.1, 0.15) is 29.1 Å². The summed E-state index contributed by atoms with van der Waals surface area (Å²) in [7, 11) is 0. The maximum absolute atomic E-state index is 12.3. The summed E-state index contributed by atoms with van der Waals surface area (Å²) in [4.78, 5) is 34.2. The number of nitrogens with one attached hydrogen (secondary N) is 1. The highest BCUT2D eigenvalue weighted by Crippen LogP contribution is 2.39. The minimum Gasteiger partial charge on any atom is -0.325 e. The molecule has 0 aliphatic heterocycles. The third-order valence-electron chi connectivity index (χ3n) is 4.60. The van der Waals surface area contributed by atoms with E-state index >= 15 is 0 Å². The quantitative estimate of drug-likeness (QED) is 0.285. The number of carbonyl (C=O) groups excluding carboxylic acids is 1. The average Bonchev–Trinajstić information content (AvgIpc) is 3.04. The number of fused-ring (bicyclic) bond motifs is 3. The van der Waals surface area contributed by atoms with Crippen molar-refractivity contribution in [3.05, 3.63) is 50.6 Å². The molecule has 2 heterocycles. The molecule has 28 heavy (non-hydrogen) atoms. The zero-order chi connectivity index (χ0) is 19.7. The molecule has 9 heteroatoms. The SMILES string of the molecule is Cc1nc(SCC(=O)Nc2ccc([N+](=O)[O-])cc2)c2c3c(sc2n1)CCCC3. The lowest BCUT2D eigenvalue weighted by atomic mass is 9.97. The molecule has 7 nitrogen and oxygen atoms in total. The van der Waals surface area contributed by atoms with Gasteiger partial charge in [0.15, 0.2) is 0 Å². The number of aryl methyl sites for hydroxylation is 3. The molecule has 3 aromatic rings. The van der Waals surface area contributed by atoms with Crippen molar-refractivity contribution in [3.8, 4) is 0 Å². The van der Waals surface area contributed by atoms with Gasteiger partial charge in [-0.15, -0.1) is 11.3 Å². The molecule has 0 saturated carbocycles. The molecule has 1 aliphatic rings. The first-order valence-electron chi connectivity index (χ1n) is 8.97. The summed E-state index contributed by atoms with van der Waals surface area (Å²) >= 11 is 3.16. The third kappa shape index (κ3) is 3.85. The number of thioether (sulfide) groups is 1. The lowest BCUT2D eigenvalue weighted by molar-refractivity contribution is -0.384. The minimum absolute atomic E-state index is 0.00606. The molecule has 0 spiro atoms. The topological polar surface area (TPSA) is 98.0 Å². The van der Waals surface area contributed by atoms with Gasteiger partial charge in [0.05, 0.1) is 10.7 Å². The Balaban J connectivity index is 1.49. The van der Waals surface area contributed by atoms with Crippen LogP contribution in [0.2, 0.25) is 0 Å². The van der Waals surface area contributed by atoms with E-state index < -0.39 is 4.92 Å². The van der Waals surface area contributed by atoms with E-state index in [1.165, 1.54) is 59.3 Å². The number of thiophene rings is 1. The van der Waals surface area contributed by atoms with Crippen LogP contribution in [-0.2, 0) is 17.6 Å². The Morgan fingerprint density at radius 1 is 1.25 bits per heavy atom. The molecule has 1 aliphatic carbocycles. The Kier molecular flexibility index (Phi) is 5.27. The predicted molar refractivity (Wildman–Crippen MR) is 111 cm³/mol. The molecule has 0 radical (unpaired) electrons. The van der Waals surface area contributed by atoms with Crippen molar-refractivity contribution in [3.63, 3.8) is 0 Å². The second kappa shape index (κ2) is 7.84. The average molecular weight is 415 g/mol. The smallest absolute Gasteiger partial charge is 0.269 e. The van der Waals surface area contributed by atoms with E-state index in [0.717, 1.165) is 28.1 Å². The van der Waals surface area contributed by atoms with Crippen LogP contribution in [0.3, 0.4) is 0 Å². The number of anilines is 1. The molecule has 1 aromatic carbocycles. The summed E-state index contributed by atoms with van der Waals surface area (Å²) < 4.78 is 0. The highest BCUT2D eigenvalue weighted by Gasteiger charge is 2.21. The van der Waals surface area contributed by atoms with Crippen molar-refractivity contribution in [2.45, 2.75) is 37.6 Å². The van der Waals surface area contributed by atoms with E-state index in [1.54, 1.807) is 11.3 Å². The van der Waals surface area contributed by atoms with Gasteiger partial charge in [-0.2, -0.15) is 0 Å². The van der Waals surface area contributed by atoms with Crippen molar-refractivity contribution in [2.75, 3.05) is 11.1 Å². The number of benzene rings is 1. The molecule has 4 rings (SSSR count). The van der Waals surface area contributed by atoms with E-state index in [4.69, 9.17) is 0 Å². The van der Waals surface area contributed by atoms with Gasteiger partial charge >= 0.3 is 0 Å². The van der Waals surface area contributed by atoms with Crippen molar-refractivity contribution < 1.29 is 9.72 Å². The number of carbonyl (C=O) groups is 1. The van der Waals surface area contributed by atoms with Crippen LogP contribution in [0.15, 0.2) is 29.3 Å². The fraction of sp³-hybridized carbons (Fsp3) is 0.316. The summed E-state index contributed by atoms with van der Waals surface area (Å²) in [6, 6.07) is 5.81. The van der Waals surface area contributed by atoms with Gasteiger partial charge in [0.1, 0.15) is 15.7 Å². The van der Waals surface area contributed by atoms with Crippen molar-refractivity contribution in [2.24, 2.45) is 0 Å². The summed E-state index contributed by atoms with van der Waals surface area (Å²) in [6.07, 6.45) is 4.54. The predicted octanol–water partition coefficient (Wildman–Crippen LogP) is 4.52. The van der Waals surface area contributed by atoms with E-state index in [0.29, 0.717) is 11.5 Å². The number of rotatable bonds is 5. The van der Waals surface area contributed by atoms with Crippen molar-refractivity contribution in [1.82, 2.24) is 9.97 Å². The van der Waals surface area contributed by atoms with Gasteiger partial charge in [-0.1, -0.05) is 11.8 Å². The molecule has 144 valence electrons. The fourth-order valence-electron chi connectivity index (χ4n) is 3.33. The number of amides is 1. The molecule has 0 bridgehead atoms. The van der Waals surface area contributed by atoms with Gasteiger partial charge in [0.25, 0.3) is 5.69 Å². The van der Waals surface area contributed by atoms with Crippen LogP contribution < -0.4 is 5.32 Å². The Bertz CT molecular complexity index is 1060. The van der Waals surface area contributed by atoms with Gasteiger partial charge in [-0.05, 0) is 50.3 Å². The number of hydrogen-bond acceptors (Lipinski definition) is 7. The largest absolute Gasteiger partial charge is 0.325 e. The number of hydrogen-bond donors (Lipinski definition) is 1. The second-order valence-electron chi connectivity index (χ2n) is 6.61. The van der Waals surface area contributed by atoms with Crippen LogP contribution in [0, 0.1) is 17.0 Å². The summed E-state index contributed by atoms with van der Waals surface area (Å²) in [5.74, 6) is 0.754. The van der Waals surface area contributed by atoms with Crippen LogP contribution in [0.25, 0.3) is 10.2 Å². The molecule has 2 aromatic heterocycles. The van der Waals surface area contributed by atoms with Crippen LogP contribution in [0.4, 0.5) is 11.4 Å². The summed E-state index contributed by atoms with van der Waals surface area (Å²) in [5.41, 5.74) is 1.88. The number of aromatic nitrogens is 2. The first-order valence-corrected chi connectivity index (χ1v) is 10.8. The Labute approximate surface area is 169 Å². The Hall–Kier alpha value is -2.52. The fourth-order valence-corrected chi connectivity index (χ4v) is 5.60. The minimum atomic E-state index is -0.467. The van der Waals surface area contributed by atoms with E-state index in [1.807, 2.05) is 6.92 Å². The zero-order valence-electron chi connectivity index (χ0n) is 15.2. The summed E-state index contributed by atoms with van der Waals surface area (Å²) in [5, 5.41) is 15.5. The van der Waals surface area contributed by atoms with Gasteiger partial charge in [0.2, 0.25) is 5.91 Å². The molecule has 0 fully saturated rings. The number of nitro groups is 1. The normalized spacial score (nSPS) is 13.3. The molecule has 0 unspecified atom stereocenters. The second-order valence-corrected chi connectivity index (χ2v) is 8.66. The molecule has 1 N–H and O–H groups in total. The van der Waals surface area contributed by atoms with E-state index in [-0.39, 0.29) is 17.3 Å². The monoisotopic (exact) mass is 414 g/mol. The van der Waals surface area contributed by atoms with Crippen LogP contribution in [0.5, 0.6) is 0 Å². The van der Waals surface area contributed by atoms with Gasteiger partial charge in [-0.25, -0.2) is 9.97 Å². The van der Waals surface area contributed by atoms with E-state index in [9.17, 15) is 14.9 Å². The molecular formula is C19H18N4O3S2. The first-order chi connectivity index (χ1) is 13.5. The molecule has 1 amide bonds. The molecule has 0 atom stereocenters. The third-order valence-corrected chi connectivity index (χ3v) is 6.76. The molecule has 0 saturated heterocycles. The highest BCUT2D eigenvalue weighted by molar-refractivity contribution is 8.00. The van der Waals surface area contributed by atoms with Crippen molar-refractivity contribution in [1.29, 1.82) is 0 Å². The van der Waals surface area contributed by atoms with Gasteiger partial charge in [-0.3, -0.25) is 14.9 Å². The summed E-state index contributed by atoms with van der Waals surface area (Å²) in [6.45, 7) is 1.87. The Morgan fingerprint density at radius 2 is 2.00 bits per heavy atom. The highest BCUT2D eigenvalue weighted by atomic mass is 32.2. The van der Waals surface area contributed by atoms with Gasteiger partial charge < -0.3 is 5.32 Å². The zero-order valence-corrected chi connectivity index (χ0v) is 16.9. The lowest BCUT2D eigenvalue weighted by Crippen LogP contribution is -2.14.